The van der Waals surface area contributed by atoms with E-state index >= 15 is 0 Å². The summed E-state index contributed by atoms with van der Waals surface area (Å²) < 4.78 is 22.3. The molecule has 0 saturated carbocycles. The average Bonchev–Trinajstić information content (AvgIpc) is 2.31. The van der Waals surface area contributed by atoms with Crippen molar-refractivity contribution in [3.63, 3.8) is 0 Å². The normalized spacial score (nSPS) is 10.4. The first-order valence-corrected chi connectivity index (χ1v) is 8.87. The zero-order valence-corrected chi connectivity index (χ0v) is 15.0. The Morgan fingerprint density at radius 3 is 1.59 bits per heavy atom. The lowest BCUT2D eigenvalue weighted by molar-refractivity contribution is -0.139. The van der Waals surface area contributed by atoms with Gasteiger partial charge in [-0.1, -0.05) is 26.3 Å². The van der Waals surface area contributed by atoms with Gasteiger partial charge in [-0.25, -0.2) is 4.79 Å². The molecule has 0 atom stereocenters. The van der Waals surface area contributed by atoms with Crippen molar-refractivity contribution in [1.29, 1.82) is 0 Å². The Morgan fingerprint density at radius 1 is 0.864 bits per heavy atom. The number of ether oxygens (including phenoxy) is 1. The maximum absolute atomic E-state index is 11.4. The van der Waals surface area contributed by atoms with Crippen LogP contribution in [0.25, 0.3) is 0 Å². The standard InChI is InChI=1S/C16H26O5Si/c1-12(2)16(17)18-10-9-11-22(19-13(3)4,20-14(5)6)21-15(7)8/h1,3,5,7,9-11H2,2,4,6,8H3. The molecule has 124 valence electrons. The zero-order chi connectivity index (χ0) is 17.3. The van der Waals surface area contributed by atoms with Gasteiger partial charge in [-0.2, -0.15) is 0 Å². The lowest BCUT2D eigenvalue weighted by atomic mass is 10.4. The van der Waals surface area contributed by atoms with Crippen LogP contribution in [-0.2, 0) is 22.8 Å². The monoisotopic (exact) mass is 326 g/mol. The third-order valence-electron chi connectivity index (χ3n) is 2.20. The molecule has 0 aromatic heterocycles. The van der Waals surface area contributed by atoms with E-state index in [1.54, 1.807) is 27.7 Å². The second-order valence-electron chi connectivity index (χ2n) is 5.12. The van der Waals surface area contributed by atoms with E-state index in [1.165, 1.54) is 0 Å². The van der Waals surface area contributed by atoms with Gasteiger partial charge in [0.15, 0.2) is 0 Å². The Hall–Kier alpha value is -1.95. The van der Waals surface area contributed by atoms with Crippen LogP contribution in [0.5, 0.6) is 0 Å². The summed E-state index contributed by atoms with van der Waals surface area (Å²) >= 11 is 0. The maximum Gasteiger partial charge on any atom is 0.698 e. The Bertz CT molecular complexity index is 426. The van der Waals surface area contributed by atoms with Crippen molar-refractivity contribution < 1.29 is 22.8 Å². The molecule has 0 radical (unpaired) electrons. The molecule has 0 aliphatic heterocycles. The number of allylic oxidation sites excluding steroid dienone is 3. The number of hydrogen-bond donors (Lipinski definition) is 0. The molecule has 0 saturated heterocycles. The predicted octanol–water partition coefficient (Wildman–Crippen LogP) is 4.09. The summed E-state index contributed by atoms with van der Waals surface area (Å²) in [5.41, 5.74) is 0.359. The van der Waals surface area contributed by atoms with Crippen LogP contribution in [0.4, 0.5) is 0 Å². The maximum atomic E-state index is 11.4. The highest BCUT2D eigenvalue weighted by atomic mass is 28.4. The minimum atomic E-state index is -3.10. The van der Waals surface area contributed by atoms with E-state index in [1.807, 2.05) is 0 Å². The number of hydrogen-bond acceptors (Lipinski definition) is 5. The summed E-state index contributed by atoms with van der Waals surface area (Å²) in [5.74, 6) is 1.02. The summed E-state index contributed by atoms with van der Waals surface area (Å²) in [6.45, 7) is 21.7. The highest BCUT2D eigenvalue weighted by Crippen LogP contribution is 2.25. The molecule has 0 heterocycles. The molecular formula is C16H26O5Si. The lowest BCUT2D eigenvalue weighted by Crippen LogP contribution is -2.44. The predicted molar refractivity (Wildman–Crippen MR) is 88.6 cm³/mol. The van der Waals surface area contributed by atoms with Crippen molar-refractivity contribution in [2.45, 2.75) is 40.2 Å². The third kappa shape index (κ3) is 8.36. The Labute approximate surface area is 134 Å². The zero-order valence-electron chi connectivity index (χ0n) is 14.0. The van der Waals surface area contributed by atoms with Crippen LogP contribution in [0, 0.1) is 0 Å². The smallest absolute Gasteiger partial charge is 0.488 e. The fraction of sp³-hybridized carbons (Fsp3) is 0.438. The average molecular weight is 326 g/mol. The molecule has 0 spiro atoms. The fourth-order valence-electron chi connectivity index (χ4n) is 1.59. The molecule has 6 heteroatoms. The van der Waals surface area contributed by atoms with Gasteiger partial charge in [0.1, 0.15) is 0 Å². The van der Waals surface area contributed by atoms with Gasteiger partial charge < -0.3 is 18.0 Å². The SMILES string of the molecule is C=C(C)O[Si](CCCOC(=O)C(=C)C)(OC(=C)C)OC(=C)C. The van der Waals surface area contributed by atoms with Gasteiger partial charge in [-0.05, 0) is 34.1 Å². The lowest BCUT2D eigenvalue weighted by Gasteiger charge is -2.30. The Kier molecular flexibility index (Phi) is 8.33. The third-order valence-corrected chi connectivity index (χ3v) is 5.14. The molecule has 5 nitrogen and oxygen atoms in total. The van der Waals surface area contributed by atoms with Crippen LogP contribution in [0.15, 0.2) is 49.2 Å². The van der Waals surface area contributed by atoms with E-state index in [4.69, 9.17) is 18.0 Å². The topological polar surface area (TPSA) is 54.0 Å². The van der Waals surface area contributed by atoms with Gasteiger partial charge in [0.2, 0.25) is 0 Å². The van der Waals surface area contributed by atoms with Crippen molar-refractivity contribution in [3.8, 4) is 0 Å². The summed E-state index contributed by atoms with van der Waals surface area (Å²) in [7, 11) is -3.10. The summed E-state index contributed by atoms with van der Waals surface area (Å²) in [5, 5.41) is 0. The second kappa shape index (κ2) is 9.14. The number of esters is 1. The van der Waals surface area contributed by atoms with Crippen molar-refractivity contribution in [2.24, 2.45) is 0 Å². The molecule has 0 amide bonds. The number of carbonyl (C=O) groups excluding carboxylic acids is 1. The van der Waals surface area contributed by atoms with Crippen LogP contribution in [0.1, 0.15) is 34.1 Å². The van der Waals surface area contributed by atoms with Gasteiger partial charge in [0.25, 0.3) is 0 Å². The van der Waals surface area contributed by atoms with Crippen molar-refractivity contribution >= 4 is 14.8 Å². The van der Waals surface area contributed by atoms with E-state index in [9.17, 15) is 4.79 Å². The van der Waals surface area contributed by atoms with Gasteiger partial charge in [0.05, 0.1) is 29.9 Å². The number of carbonyl (C=O) groups is 1. The first-order chi connectivity index (χ1) is 10.1. The molecule has 0 unspecified atom stereocenters. The van der Waals surface area contributed by atoms with Gasteiger partial charge in [0, 0.05) is 5.57 Å². The van der Waals surface area contributed by atoms with Crippen LogP contribution < -0.4 is 0 Å². The first kappa shape index (κ1) is 20.0. The van der Waals surface area contributed by atoms with Crippen molar-refractivity contribution in [2.75, 3.05) is 6.61 Å². The first-order valence-electron chi connectivity index (χ1n) is 6.94. The highest BCUT2D eigenvalue weighted by molar-refractivity contribution is 6.61. The summed E-state index contributed by atoms with van der Waals surface area (Å²) in [4.78, 5) is 11.4. The molecule has 0 aromatic carbocycles. The van der Waals surface area contributed by atoms with E-state index in [0.29, 0.717) is 35.3 Å². The van der Waals surface area contributed by atoms with E-state index in [2.05, 4.69) is 26.3 Å². The summed E-state index contributed by atoms with van der Waals surface area (Å²) in [6, 6.07) is 0.434. The molecule has 0 fully saturated rings. The van der Waals surface area contributed by atoms with Crippen LogP contribution in [-0.4, -0.2) is 21.4 Å². The minimum absolute atomic E-state index is 0.221. The van der Waals surface area contributed by atoms with Crippen LogP contribution in [0.2, 0.25) is 6.04 Å². The summed E-state index contributed by atoms with van der Waals surface area (Å²) in [6.07, 6.45) is 0.513. The molecule has 0 bridgehead atoms. The van der Waals surface area contributed by atoms with Crippen LogP contribution >= 0.6 is 0 Å². The molecule has 0 aromatic rings. The highest BCUT2D eigenvalue weighted by Gasteiger charge is 2.48. The van der Waals surface area contributed by atoms with Gasteiger partial charge in [-0.3, -0.25) is 0 Å². The molecule has 0 N–H and O–H groups in total. The van der Waals surface area contributed by atoms with Gasteiger partial charge in [-0.15, -0.1) is 0 Å². The van der Waals surface area contributed by atoms with Crippen molar-refractivity contribution in [1.82, 2.24) is 0 Å². The molecule has 0 rings (SSSR count). The van der Waals surface area contributed by atoms with Gasteiger partial charge >= 0.3 is 14.8 Å². The minimum Gasteiger partial charge on any atom is -0.488 e. The largest absolute Gasteiger partial charge is 0.698 e. The molecule has 0 aliphatic carbocycles. The van der Waals surface area contributed by atoms with Crippen molar-refractivity contribution in [3.05, 3.63) is 49.2 Å². The van der Waals surface area contributed by atoms with E-state index < -0.39 is 14.8 Å². The van der Waals surface area contributed by atoms with E-state index in [0.717, 1.165) is 0 Å². The Morgan fingerprint density at radius 2 is 1.27 bits per heavy atom. The van der Waals surface area contributed by atoms with Crippen LogP contribution in [0.3, 0.4) is 0 Å². The molecular weight excluding hydrogens is 300 g/mol. The fourth-order valence-corrected chi connectivity index (χ4v) is 4.19. The van der Waals surface area contributed by atoms with E-state index in [-0.39, 0.29) is 6.61 Å². The number of rotatable bonds is 11. The molecule has 22 heavy (non-hydrogen) atoms. The quantitative estimate of drug-likeness (QED) is 0.188. The second-order valence-corrected chi connectivity index (χ2v) is 7.59. The Balaban J connectivity index is 4.84. The molecule has 0 aliphatic rings.